The van der Waals surface area contributed by atoms with Crippen molar-refractivity contribution in [2.75, 3.05) is 18.5 Å². The van der Waals surface area contributed by atoms with E-state index in [-0.39, 0.29) is 0 Å². The van der Waals surface area contributed by atoms with Gasteiger partial charge in [0.05, 0.1) is 5.69 Å². The van der Waals surface area contributed by atoms with Crippen LogP contribution in [0.5, 0.6) is 0 Å². The molecule has 0 aliphatic rings. The Morgan fingerprint density at radius 1 is 1.13 bits per heavy atom. The molecule has 0 N–H and O–H groups in total. The minimum absolute atomic E-state index is 0.746. The van der Waals surface area contributed by atoms with Gasteiger partial charge in [-0.1, -0.05) is 22.8 Å². The molecule has 0 aliphatic heterocycles. The number of rotatable bonds is 6. The van der Waals surface area contributed by atoms with Crippen molar-refractivity contribution < 1.29 is 0 Å². The molecule has 2 heterocycles. The number of aromatic nitrogens is 6. The number of nitrogens with zero attached hydrogens (tertiary/aromatic N) is 7. The first-order chi connectivity index (χ1) is 11.1. The molecule has 7 nitrogen and oxygen atoms in total. The van der Waals surface area contributed by atoms with Crippen LogP contribution in [0, 0.1) is 13.8 Å². The van der Waals surface area contributed by atoms with Crippen molar-refractivity contribution >= 4 is 5.95 Å². The van der Waals surface area contributed by atoms with Gasteiger partial charge in [-0.3, -0.25) is 0 Å². The van der Waals surface area contributed by atoms with Crippen LogP contribution in [-0.2, 0) is 6.54 Å². The van der Waals surface area contributed by atoms with Crippen molar-refractivity contribution in [1.29, 1.82) is 0 Å². The lowest BCUT2D eigenvalue weighted by atomic mass is 10.2. The summed E-state index contributed by atoms with van der Waals surface area (Å²) in [5.74, 6) is 1.79. The quantitative estimate of drug-likeness (QED) is 0.696. The molecule has 0 saturated heterocycles. The van der Waals surface area contributed by atoms with Gasteiger partial charge >= 0.3 is 0 Å². The Morgan fingerprint density at radius 2 is 1.91 bits per heavy atom. The zero-order valence-electron chi connectivity index (χ0n) is 13.7. The third kappa shape index (κ3) is 3.39. The summed E-state index contributed by atoms with van der Waals surface area (Å²) in [5, 5.41) is 12.1. The van der Waals surface area contributed by atoms with Crippen LogP contribution >= 0.6 is 0 Å². The number of hydrogen-bond acceptors (Lipinski definition) is 5. The molecule has 3 aromatic rings. The lowest BCUT2D eigenvalue weighted by Crippen LogP contribution is -2.23. The van der Waals surface area contributed by atoms with Gasteiger partial charge in [-0.05, 0) is 42.8 Å². The number of tetrazole rings is 1. The lowest BCUT2D eigenvalue weighted by Gasteiger charge is -2.18. The van der Waals surface area contributed by atoms with E-state index < -0.39 is 0 Å². The van der Waals surface area contributed by atoms with E-state index in [1.54, 1.807) is 4.68 Å². The highest BCUT2D eigenvalue weighted by Gasteiger charge is 2.12. The molecular formula is C16H21N7. The van der Waals surface area contributed by atoms with Crippen molar-refractivity contribution in [1.82, 2.24) is 29.8 Å². The molecule has 23 heavy (non-hydrogen) atoms. The fourth-order valence-corrected chi connectivity index (χ4v) is 2.49. The van der Waals surface area contributed by atoms with E-state index >= 15 is 0 Å². The predicted octanol–water partition coefficient (Wildman–Crippen LogP) is 2.00. The average Bonchev–Trinajstić information content (AvgIpc) is 3.17. The fourth-order valence-electron chi connectivity index (χ4n) is 2.49. The number of hydrogen-bond donors (Lipinski definition) is 0. The summed E-state index contributed by atoms with van der Waals surface area (Å²) in [4.78, 5) is 6.31. The number of imidazole rings is 1. The number of benzene rings is 1. The van der Waals surface area contributed by atoms with E-state index in [9.17, 15) is 0 Å². The molecule has 0 aliphatic carbocycles. The summed E-state index contributed by atoms with van der Waals surface area (Å²) in [6, 6.07) is 8.17. The Labute approximate surface area is 135 Å². The number of aryl methyl sites for hydroxylation is 3. The van der Waals surface area contributed by atoms with Gasteiger partial charge in [0.1, 0.15) is 5.82 Å². The van der Waals surface area contributed by atoms with Gasteiger partial charge in [0, 0.05) is 32.5 Å². The van der Waals surface area contributed by atoms with Gasteiger partial charge < -0.3 is 9.47 Å². The minimum Gasteiger partial charge on any atom is -0.342 e. The Morgan fingerprint density at radius 3 is 2.61 bits per heavy atom. The van der Waals surface area contributed by atoms with Crippen LogP contribution in [0.25, 0.3) is 5.69 Å². The molecule has 7 heteroatoms. The summed E-state index contributed by atoms with van der Waals surface area (Å²) >= 11 is 0. The van der Waals surface area contributed by atoms with Gasteiger partial charge in [0.2, 0.25) is 5.95 Å². The fraction of sp³-hybridized carbons (Fsp3) is 0.375. The van der Waals surface area contributed by atoms with Crippen molar-refractivity contribution in [3.05, 3.63) is 48.0 Å². The van der Waals surface area contributed by atoms with Crippen LogP contribution in [-0.4, -0.2) is 43.4 Å². The van der Waals surface area contributed by atoms with Crippen molar-refractivity contribution in [3.63, 3.8) is 0 Å². The van der Waals surface area contributed by atoms with Crippen LogP contribution in [0.15, 0.2) is 36.7 Å². The van der Waals surface area contributed by atoms with Crippen LogP contribution in [0.4, 0.5) is 5.95 Å². The largest absolute Gasteiger partial charge is 0.342 e. The molecule has 0 amide bonds. The van der Waals surface area contributed by atoms with Crippen molar-refractivity contribution in [3.8, 4) is 5.69 Å². The summed E-state index contributed by atoms with van der Waals surface area (Å²) in [6.45, 7) is 5.88. The zero-order chi connectivity index (χ0) is 16.2. The predicted molar refractivity (Wildman–Crippen MR) is 88.7 cm³/mol. The Hall–Kier alpha value is -2.70. The summed E-state index contributed by atoms with van der Waals surface area (Å²) in [6.07, 6.45) is 4.83. The third-order valence-electron chi connectivity index (χ3n) is 3.89. The molecule has 2 aromatic heterocycles. The Balaban J connectivity index is 1.66. The van der Waals surface area contributed by atoms with Crippen LogP contribution in [0.3, 0.4) is 0 Å². The highest BCUT2D eigenvalue weighted by Crippen LogP contribution is 2.15. The van der Waals surface area contributed by atoms with Crippen LogP contribution in [0.1, 0.15) is 17.8 Å². The maximum atomic E-state index is 4.24. The molecular weight excluding hydrogens is 290 g/mol. The third-order valence-corrected chi connectivity index (χ3v) is 3.89. The maximum Gasteiger partial charge on any atom is 0.250 e. The molecule has 0 atom stereocenters. The van der Waals surface area contributed by atoms with Gasteiger partial charge in [-0.15, -0.1) is 0 Å². The van der Waals surface area contributed by atoms with E-state index in [4.69, 9.17) is 0 Å². The van der Waals surface area contributed by atoms with E-state index in [2.05, 4.69) is 49.0 Å². The average molecular weight is 311 g/mol. The second-order valence-corrected chi connectivity index (χ2v) is 5.67. The molecule has 0 radical (unpaired) electrons. The second kappa shape index (κ2) is 6.60. The molecule has 0 bridgehead atoms. The molecule has 0 saturated carbocycles. The van der Waals surface area contributed by atoms with E-state index in [1.807, 2.05) is 38.5 Å². The molecule has 3 rings (SSSR count). The van der Waals surface area contributed by atoms with Crippen molar-refractivity contribution in [2.24, 2.45) is 0 Å². The topological polar surface area (TPSA) is 64.7 Å². The Kier molecular flexibility index (Phi) is 4.36. The number of anilines is 1. The maximum absolute atomic E-state index is 4.24. The lowest BCUT2D eigenvalue weighted by molar-refractivity contribution is 0.616. The van der Waals surface area contributed by atoms with E-state index in [1.165, 1.54) is 5.56 Å². The summed E-state index contributed by atoms with van der Waals surface area (Å²) < 4.78 is 3.92. The smallest absolute Gasteiger partial charge is 0.250 e. The first-order valence-electron chi connectivity index (χ1n) is 7.69. The molecule has 1 aromatic carbocycles. The monoisotopic (exact) mass is 311 g/mol. The second-order valence-electron chi connectivity index (χ2n) is 5.67. The van der Waals surface area contributed by atoms with Gasteiger partial charge in [0.25, 0.3) is 0 Å². The molecule has 0 unspecified atom stereocenters. The van der Waals surface area contributed by atoms with Gasteiger partial charge in [-0.25, -0.2) is 4.98 Å². The summed E-state index contributed by atoms with van der Waals surface area (Å²) in [7, 11) is 2.01. The standard InChI is InChI=1S/C16H21N7/c1-13-5-7-15(8-6-13)23-16(18-19-20-23)21(3)10-4-11-22-12-9-17-14(22)2/h5-9,12H,4,10-11H2,1-3H3. The Bertz CT molecular complexity index is 757. The molecule has 0 spiro atoms. The zero-order valence-corrected chi connectivity index (χ0v) is 13.7. The molecule has 120 valence electrons. The van der Waals surface area contributed by atoms with Crippen molar-refractivity contribution in [2.45, 2.75) is 26.8 Å². The SMILES string of the molecule is Cc1ccc(-n2nnnc2N(C)CCCn2ccnc2C)cc1. The summed E-state index contributed by atoms with van der Waals surface area (Å²) in [5.41, 5.74) is 2.18. The van der Waals surface area contributed by atoms with Gasteiger partial charge in [-0.2, -0.15) is 4.68 Å². The highest BCUT2D eigenvalue weighted by molar-refractivity contribution is 5.41. The minimum atomic E-state index is 0.746. The van der Waals surface area contributed by atoms with Gasteiger partial charge in [0.15, 0.2) is 0 Å². The first-order valence-corrected chi connectivity index (χ1v) is 7.69. The highest BCUT2D eigenvalue weighted by atomic mass is 15.6. The normalized spacial score (nSPS) is 10.9. The first kappa shape index (κ1) is 15.2. The van der Waals surface area contributed by atoms with E-state index in [0.29, 0.717) is 0 Å². The van der Waals surface area contributed by atoms with Crippen LogP contribution in [0.2, 0.25) is 0 Å². The molecule has 0 fully saturated rings. The van der Waals surface area contributed by atoms with E-state index in [0.717, 1.165) is 37.0 Å². The van der Waals surface area contributed by atoms with Crippen LogP contribution < -0.4 is 4.90 Å².